The van der Waals surface area contributed by atoms with Gasteiger partial charge in [-0.1, -0.05) is 38.1 Å². The van der Waals surface area contributed by atoms with Gasteiger partial charge >= 0.3 is 0 Å². The lowest BCUT2D eigenvalue weighted by Crippen LogP contribution is -2.24. The fraction of sp³-hybridized carbons (Fsp3) is 0.231. The van der Waals surface area contributed by atoms with Crippen molar-refractivity contribution in [1.29, 1.82) is 0 Å². The Morgan fingerprint density at radius 2 is 1.76 bits per heavy atom. The first-order valence-electron chi connectivity index (χ1n) is 11.1. The summed E-state index contributed by atoms with van der Waals surface area (Å²) in [7, 11) is -3.44. The zero-order valence-corrected chi connectivity index (χ0v) is 20.2. The largest absolute Gasteiger partial charge is 0.346 e. The lowest BCUT2D eigenvalue weighted by Gasteiger charge is -2.10. The number of sulfone groups is 1. The molecule has 0 aliphatic carbocycles. The van der Waals surface area contributed by atoms with E-state index in [4.69, 9.17) is 4.98 Å². The van der Waals surface area contributed by atoms with E-state index in [1.807, 2.05) is 31.2 Å². The fourth-order valence-corrected chi connectivity index (χ4v) is 4.80. The van der Waals surface area contributed by atoms with Crippen molar-refractivity contribution in [2.24, 2.45) is 0 Å². The predicted octanol–water partition coefficient (Wildman–Crippen LogP) is 4.40. The van der Waals surface area contributed by atoms with Gasteiger partial charge in [0.05, 0.1) is 28.3 Å². The number of nitrogens with zero attached hydrogens (tertiary/aromatic N) is 3. The Balaban J connectivity index is 0.00000342. The van der Waals surface area contributed by atoms with Gasteiger partial charge in [-0.25, -0.2) is 13.4 Å². The Morgan fingerprint density at radius 1 is 0.941 bits per heavy atom. The number of benzene rings is 2. The van der Waals surface area contributed by atoms with Gasteiger partial charge in [0.25, 0.3) is 5.91 Å². The molecule has 0 atom stereocenters. The van der Waals surface area contributed by atoms with E-state index in [9.17, 15) is 13.2 Å². The van der Waals surface area contributed by atoms with E-state index in [2.05, 4.69) is 34.6 Å². The molecule has 0 aliphatic rings. The van der Waals surface area contributed by atoms with Crippen molar-refractivity contribution < 1.29 is 14.6 Å². The van der Waals surface area contributed by atoms with Crippen LogP contribution >= 0.6 is 0 Å². The molecular weight excluding hydrogens is 448 g/mol. The number of nitrogens with one attached hydrogen (secondary N) is 1. The average Bonchev–Trinajstić information content (AvgIpc) is 2.85. The van der Waals surface area contributed by atoms with Crippen LogP contribution in [-0.4, -0.2) is 35.8 Å². The second-order valence-corrected chi connectivity index (χ2v) is 10.1. The van der Waals surface area contributed by atoms with E-state index in [-0.39, 0.29) is 24.3 Å². The molecule has 4 rings (SSSR count). The number of rotatable bonds is 7. The number of hydrogen-bond acceptors (Lipinski definition) is 6. The molecule has 0 bridgehead atoms. The zero-order valence-electron chi connectivity index (χ0n) is 19.4. The highest BCUT2D eigenvalue weighted by Crippen LogP contribution is 2.22. The van der Waals surface area contributed by atoms with Gasteiger partial charge in [-0.05, 0) is 60.4 Å². The zero-order chi connectivity index (χ0) is 24.3. The summed E-state index contributed by atoms with van der Waals surface area (Å²) in [6.07, 6.45) is 2.66. The van der Waals surface area contributed by atoms with Crippen molar-refractivity contribution in [3.05, 3.63) is 83.0 Å². The van der Waals surface area contributed by atoms with Crippen LogP contribution in [0.15, 0.2) is 65.6 Å². The van der Waals surface area contributed by atoms with E-state index < -0.39 is 9.84 Å². The summed E-state index contributed by atoms with van der Waals surface area (Å²) in [4.78, 5) is 17.6. The van der Waals surface area contributed by atoms with Crippen molar-refractivity contribution in [1.82, 2.24) is 20.5 Å². The summed E-state index contributed by atoms with van der Waals surface area (Å²) in [5, 5.41) is 11.2. The molecule has 0 fully saturated rings. The van der Waals surface area contributed by atoms with Crippen molar-refractivity contribution in [3.63, 3.8) is 0 Å². The molecule has 0 aliphatic heterocycles. The maximum atomic E-state index is 12.7. The monoisotopic (exact) mass is 476 g/mol. The van der Waals surface area contributed by atoms with Crippen LogP contribution in [0.25, 0.3) is 22.3 Å². The van der Waals surface area contributed by atoms with Crippen LogP contribution in [0.3, 0.4) is 0 Å². The minimum Gasteiger partial charge on any atom is -0.346 e. The second kappa shape index (κ2) is 9.69. The van der Waals surface area contributed by atoms with Crippen LogP contribution in [0.4, 0.5) is 0 Å². The third kappa shape index (κ3) is 5.12. The number of aryl methyl sites for hydroxylation is 2. The van der Waals surface area contributed by atoms with Crippen LogP contribution < -0.4 is 5.32 Å². The van der Waals surface area contributed by atoms with E-state index in [1.54, 1.807) is 18.2 Å². The number of carbonyl (C=O) groups is 1. The highest BCUT2D eigenvalue weighted by Gasteiger charge is 2.16. The van der Waals surface area contributed by atoms with E-state index in [0.29, 0.717) is 28.7 Å². The summed E-state index contributed by atoms with van der Waals surface area (Å²) < 4.78 is 24.2. The van der Waals surface area contributed by atoms with Crippen molar-refractivity contribution in [2.75, 3.05) is 6.26 Å². The Kier molecular flexibility index (Phi) is 6.70. The molecule has 0 radical (unpaired) electrons. The summed E-state index contributed by atoms with van der Waals surface area (Å²) >= 11 is 0. The number of fused-ring (bicyclic) bond motifs is 1. The first-order valence-corrected chi connectivity index (χ1v) is 13.0. The molecule has 2 aromatic carbocycles. The van der Waals surface area contributed by atoms with Gasteiger partial charge in [0.1, 0.15) is 5.52 Å². The molecule has 0 saturated carbocycles. The van der Waals surface area contributed by atoms with E-state index >= 15 is 0 Å². The Hall–Kier alpha value is -3.65. The standard InChI is InChI=1S/C26H26N4O3S.H2/c1-4-17-7-6-8-19(13-17)22-11-12-23-24(28-22)15-21(29-30-23)16-27-26(31)20-10-9-18(5-2)25(14-20)34(3,32)33;/h6-15H,4-5,16H2,1-3H3,(H,27,31);1H. The summed E-state index contributed by atoms with van der Waals surface area (Å²) in [5.74, 6) is -0.382. The molecule has 4 aromatic rings. The van der Waals surface area contributed by atoms with Gasteiger partial charge in [0, 0.05) is 18.8 Å². The van der Waals surface area contributed by atoms with Gasteiger partial charge in [0.2, 0.25) is 0 Å². The first kappa shape index (κ1) is 23.5. The molecule has 0 spiro atoms. The van der Waals surface area contributed by atoms with Gasteiger partial charge in [-0.15, -0.1) is 5.10 Å². The molecule has 1 N–H and O–H groups in total. The second-order valence-electron chi connectivity index (χ2n) is 8.12. The minimum absolute atomic E-state index is 0. The number of aromatic nitrogens is 3. The average molecular weight is 477 g/mol. The molecule has 0 unspecified atom stereocenters. The van der Waals surface area contributed by atoms with Crippen LogP contribution in [0, 0.1) is 0 Å². The smallest absolute Gasteiger partial charge is 0.251 e. The lowest BCUT2D eigenvalue weighted by molar-refractivity contribution is 0.0950. The molecule has 34 heavy (non-hydrogen) atoms. The maximum Gasteiger partial charge on any atom is 0.251 e. The van der Waals surface area contributed by atoms with Crippen LogP contribution in [0.1, 0.15) is 42.5 Å². The molecular formula is C26H28N4O3S. The van der Waals surface area contributed by atoms with Gasteiger partial charge in [-0.2, -0.15) is 5.10 Å². The molecule has 8 heteroatoms. The van der Waals surface area contributed by atoms with Crippen molar-refractivity contribution in [2.45, 2.75) is 38.1 Å². The number of pyridine rings is 1. The van der Waals surface area contributed by atoms with Crippen LogP contribution in [-0.2, 0) is 29.2 Å². The molecule has 1 amide bonds. The third-order valence-corrected chi connectivity index (χ3v) is 6.84. The normalized spacial score (nSPS) is 11.5. The Labute approximate surface area is 200 Å². The highest BCUT2D eigenvalue weighted by molar-refractivity contribution is 7.90. The Bertz CT molecular complexity index is 1490. The fourth-order valence-electron chi connectivity index (χ4n) is 3.77. The lowest BCUT2D eigenvalue weighted by atomic mass is 10.1. The van der Waals surface area contributed by atoms with Crippen molar-refractivity contribution in [3.8, 4) is 11.3 Å². The Morgan fingerprint density at radius 3 is 2.50 bits per heavy atom. The predicted molar refractivity (Wildman–Crippen MR) is 134 cm³/mol. The molecule has 7 nitrogen and oxygen atoms in total. The van der Waals surface area contributed by atoms with E-state index in [1.165, 1.54) is 11.6 Å². The summed E-state index contributed by atoms with van der Waals surface area (Å²) in [6.45, 7) is 4.13. The van der Waals surface area contributed by atoms with Gasteiger partial charge in [0.15, 0.2) is 9.84 Å². The number of hydrogen-bond donors (Lipinski definition) is 1. The quantitative estimate of drug-likeness (QED) is 0.424. The maximum absolute atomic E-state index is 12.7. The molecule has 2 heterocycles. The topological polar surface area (TPSA) is 102 Å². The molecule has 2 aromatic heterocycles. The highest BCUT2D eigenvalue weighted by atomic mass is 32.2. The first-order chi connectivity index (χ1) is 16.3. The molecule has 176 valence electrons. The van der Waals surface area contributed by atoms with E-state index in [0.717, 1.165) is 23.9 Å². The minimum atomic E-state index is -3.44. The number of amides is 1. The summed E-state index contributed by atoms with van der Waals surface area (Å²) in [5.41, 5.74) is 5.99. The van der Waals surface area contributed by atoms with Gasteiger partial charge < -0.3 is 5.32 Å². The number of carbonyl (C=O) groups excluding carboxylic acids is 1. The van der Waals surface area contributed by atoms with Crippen LogP contribution in [0.2, 0.25) is 0 Å². The SMILES string of the molecule is CCc1cccc(-c2ccc3nnc(CNC(=O)c4ccc(CC)c(S(C)(=O)=O)c4)cc3n2)c1.[HH]. The third-order valence-electron chi connectivity index (χ3n) is 5.66. The molecule has 0 saturated heterocycles. The van der Waals surface area contributed by atoms with Crippen molar-refractivity contribution >= 4 is 26.8 Å². The summed E-state index contributed by atoms with van der Waals surface area (Å²) in [6, 6.07) is 18.6. The van der Waals surface area contributed by atoms with Gasteiger partial charge in [-0.3, -0.25) is 4.79 Å². The van der Waals surface area contributed by atoms with Crippen LogP contribution in [0.5, 0.6) is 0 Å².